The predicted molar refractivity (Wildman–Crippen MR) is 78.9 cm³/mol. The van der Waals surface area contributed by atoms with Gasteiger partial charge in [-0.2, -0.15) is 0 Å². The lowest BCUT2D eigenvalue weighted by Gasteiger charge is -2.37. The number of carbonyl (C=O) groups excluding carboxylic acids is 1. The van der Waals surface area contributed by atoms with Crippen molar-refractivity contribution in [3.63, 3.8) is 0 Å². The summed E-state index contributed by atoms with van der Waals surface area (Å²) in [5, 5.41) is 14.3. The number of hydrogen-bond acceptors (Lipinski definition) is 4. The third-order valence-electron chi connectivity index (χ3n) is 3.61. The highest BCUT2D eigenvalue weighted by Crippen LogP contribution is 2.31. The molecule has 2 amide bonds. The zero-order valence-electron chi connectivity index (χ0n) is 12.5. The van der Waals surface area contributed by atoms with Crippen LogP contribution in [-0.2, 0) is 14.6 Å². The third-order valence-corrected chi connectivity index (χ3v) is 4.71. The molecule has 0 spiro atoms. The van der Waals surface area contributed by atoms with Gasteiger partial charge in [-0.05, 0) is 19.8 Å². The van der Waals surface area contributed by atoms with E-state index in [4.69, 9.17) is 5.11 Å². The van der Waals surface area contributed by atoms with E-state index in [0.717, 1.165) is 25.5 Å². The van der Waals surface area contributed by atoms with E-state index in [1.807, 2.05) is 0 Å². The number of hydrogen-bond donors (Lipinski definition) is 3. The van der Waals surface area contributed by atoms with E-state index in [9.17, 15) is 18.0 Å². The molecule has 0 aromatic rings. The third kappa shape index (κ3) is 6.79. The maximum Gasteiger partial charge on any atom is 0.315 e. The number of rotatable bonds is 6. The van der Waals surface area contributed by atoms with Gasteiger partial charge < -0.3 is 15.7 Å². The number of amides is 2. The quantitative estimate of drug-likeness (QED) is 0.673. The van der Waals surface area contributed by atoms with Crippen molar-refractivity contribution in [2.45, 2.75) is 57.0 Å². The molecule has 0 aromatic carbocycles. The van der Waals surface area contributed by atoms with Crippen molar-refractivity contribution in [1.82, 2.24) is 10.6 Å². The van der Waals surface area contributed by atoms with Crippen molar-refractivity contribution >= 4 is 21.8 Å². The Hall–Kier alpha value is -1.31. The van der Waals surface area contributed by atoms with Crippen molar-refractivity contribution in [1.29, 1.82) is 0 Å². The second-order valence-electron chi connectivity index (χ2n) is 6.00. The molecule has 1 atom stereocenters. The maximum absolute atomic E-state index is 12.0. The molecule has 1 aliphatic rings. The molecule has 122 valence electrons. The fraction of sp³-hybridized carbons (Fsp3) is 0.846. The first-order valence-electron chi connectivity index (χ1n) is 7.10. The van der Waals surface area contributed by atoms with Crippen molar-refractivity contribution in [3.8, 4) is 0 Å². The minimum absolute atomic E-state index is 0.110. The lowest BCUT2D eigenvalue weighted by molar-refractivity contribution is -0.139. The summed E-state index contributed by atoms with van der Waals surface area (Å²) in [6, 6.07) is -1.03. The van der Waals surface area contributed by atoms with Crippen molar-refractivity contribution < 1.29 is 23.1 Å². The Morgan fingerprint density at radius 3 is 2.29 bits per heavy atom. The summed E-state index contributed by atoms with van der Waals surface area (Å²) >= 11 is 0. The van der Waals surface area contributed by atoms with Gasteiger partial charge in [0.05, 0.1) is 17.7 Å². The zero-order chi connectivity index (χ0) is 16.1. The molecule has 1 rings (SSSR count). The van der Waals surface area contributed by atoms with E-state index in [0.29, 0.717) is 12.8 Å². The molecule has 0 aliphatic heterocycles. The van der Waals surface area contributed by atoms with E-state index in [1.165, 1.54) is 0 Å². The molecule has 7 nitrogen and oxygen atoms in total. The minimum atomic E-state index is -3.17. The number of aliphatic carboxylic acids is 1. The number of urea groups is 1. The second kappa shape index (κ2) is 7.11. The Morgan fingerprint density at radius 1 is 1.24 bits per heavy atom. The lowest BCUT2D eigenvalue weighted by Crippen LogP contribution is -2.56. The molecule has 3 N–H and O–H groups in total. The fourth-order valence-electron chi connectivity index (χ4n) is 2.86. The van der Waals surface area contributed by atoms with Crippen LogP contribution in [-0.4, -0.2) is 49.1 Å². The summed E-state index contributed by atoms with van der Waals surface area (Å²) in [7, 11) is -3.17. The number of carboxylic acids is 1. The van der Waals surface area contributed by atoms with Crippen LogP contribution in [0.5, 0.6) is 0 Å². The molecule has 0 saturated heterocycles. The van der Waals surface area contributed by atoms with Crippen molar-refractivity contribution in [2.24, 2.45) is 0 Å². The molecular weight excluding hydrogens is 296 g/mol. The van der Waals surface area contributed by atoms with Crippen LogP contribution in [0.2, 0.25) is 0 Å². The summed E-state index contributed by atoms with van der Waals surface area (Å²) in [5.41, 5.74) is -0.723. The van der Waals surface area contributed by atoms with Crippen LogP contribution in [0, 0.1) is 0 Å². The van der Waals surface area contributed by atoms with Gasteiger partial charge >= 0.3 is 12.0 Å². The maximum atomic E-state index is 12.0. The van der Waals surface area contributed by atoms with E-state index in [2.05, 4.69) is 10.6 Å². The van der Waals surface area contributed by atoms with Gasteiger partial charge in [0.15, 0.2) is 0 Å². The van der Waals surface area contributed by atoms with Crippen LogP contribution in [0.3, 0.4) is 0 Å². The second-order valence-corrected chi connectivity index (χ2v) is 8.19. The first-order chi connectivity index (χ1) is 9.62. The highest BCUT2D eigenvalue weighted by Gasteiger charge is 2.36. The molecule has 8 heteroatoms. The van der Waals surface area contributed by atoms with Crippen molar-refractivity contribution in [2.75, 3.05) is 12.0 Å². The first-order valence-corrected chi connectivity index (χ1v) is 9.16. The Bertz CT molecular complexity index is 483. The topological polar surface area (TPSA) is 113 Å². The van der Waals surface area contributed by atoms with Gasteiger partial charge in [-0.3, -0.25) is 4.79 Å². The Kier molecular flexibility index (Phi) is 6.00. The predicted octanol–water partition coefficient (Wildman–Crippen LogP) is 0.896. The van der Waals surface area contributed by atoms with E-state index in [1.54, 1.807) is 6.92 Å². The lowest BCUT2D eigenvalue weighted by atomic mass is 9.79. The SMILES string of the molecule is CC(CS(C)(=O)=O)NC(=O)NC1(CC(=O)O)CCCCC1. The van der Waals surface area contributed by atoms with Gasteiger partial charge in [0.25, 0.3) is 0 Å². The van der Waals surface area contributed by atoms with Crippen LogP contribution >= 0.6 is 0 Å². The standard InChI is InChI=1S/C13H24N2O5S/c1-10(9-21(2,19)20)14-12(18)15-13(8-11(16)17)6-4-3-5-7-13/h10H,3-9H2,1-2H3,(H,16,17)(H2,14,15,18). The Morgan fingerprint density at radius 2 is 1.81 bits per heavy atom. The smallest absolute Gasteiger partial charge is 0.315 e. The van der Waals surface area contributed by atoms with Crippen LogP contribution in [0.4, 0.5) is 4.79 Å². The summed E-state index contributed by atoms with van der Waals surface area (Å²) in [6.45, 7) is 1.60. The van der Waals surface area contributed by atoms with Gasteiger partial charge in [0.1, 0.15) is 9.84 Å². The molecule has 1 aliphatic carbocycles. The Labute approximate surface area is 125 Å². The first kappa shape index (κ1) is 17.7. The number of carbonyl (C=O) groups is 2. The molecule has 0 heterocycles. The number of carboxylic acid groups (broad SMARTS) is 1. The van der Waals surface area contributed by atoms with E-state index < -0.39 is 33.4 Å². The van der Waals surface area contributed by atoms with Gasteiger partial charge in [0, 0.05) is 12.3 Å². The summed E-state index contributed by atoms with van der Waals surface area (Å²) in [4.78, 5) is 23.0. The van der Waals surface area contributed by atoms with Crippen LogP contribution in [0.1, 0.15) is 45.4 Å². The van der Waals surface area contributed by atoms with Gasteiger partial charge in [0.2, 0.25) is 0 Å². The molecular formula is C13H24N2O5S. The highest BCUT2D eigenvalue weighted by atomic mass is 32.2. The summed E-state index contributed by atoms with van der Waals surface area (Å²) in [6.07, 6.45) is 5.06. The molecule has 1 saturated carbocycles. The molecule has 1 fully saturated rings. The van der Waals surface area contributed by atoms with Crippen LogP contribution in [0.15, 0.2) is 0 Å². The molecule has 0 bridgehead atoms. The zero-order valence-corrected chi connectivity index (χ0v) is 13.3. The highest BCUT2D eigenvalue weighted by molar-refractivity contribution is 7.90. The largest absolute Gasteiger partial charge is 0.481 e. The Balaban J connectivity index is 2.62. The van der Waals surface area contributed by atoms with Crippen LogP contribution in [0.25, 0.3) is 0 Å². The monoisotopic (exact) mass is 320 g/mol. The number of sulfone groups is 1. The number of nitrogens with one attached hydrogen (secondary N) is 2. The molecule has 21 heavy (non-hydrogen) atoms. The minimum Gasteiger partial charge on any atom is -0.481 e. The molecule has 0 aromatic heterocycles. The summed E-state index contributed by atoms with van der Waals surface area (Å²) in [5.74, 6) is -1.09. The van der Waals surface area contributed by atoms with E-state index >= 15 is 0 Å². The molecule has 1 unspecified atom stereocenters. The van der Waals surface area contributed by atoms with Gasteiger partial charge in [-0.15, -0.1) is 0 Å². The molecule has 0 radical (unpaired) electrons. The van der Waals surface area contributed by atoms with E-state index in [-0.39, 0.29) is 12.2 Å². The van der Waals surface area contributed by atoms with Crippen molar-refractivity contribution in [3.05, 3.63) is 0 Å². The average molecular weight is 320 g/mol. The fourth-order valence-corrected chi connectivity index (χ4v) is 3.85. The summed E-state index contributed by atoms with van der Waals surface area (Å²) < 4.78 is 22.3. The van der Waals surface area contributed by atoms with Gasteiger partial charge in [-0.25, -0.2) is 13.2 Å². The normalized spacial score (nSPS) is 19.5. The van der Waals surface area contributed by atoms with Crippen LogP contribution < -0.4 is 10.6 Å². The van der Waals surface area contributed by atoms with Gasteiger partial charge in [-0.1, -0.05) is 19.3 Å². The average Bonchev–Trinajstić information content (AvgIpc) is 2.24.